The van der Waals surface area contributed by atoms with Crippen LogP contribution in [0.3, 0.4) is 0 Å². The quantitative estimate of drug-likeness (QED) is 0.419. The molecular weight excluding hydrogens is 448 g/mol. The van der Waals surface area contributed by atoms with Crippen LogP contribution in [0.15, 0.2) is 5.16 Å². The van der Waals surface area contributed by atoms with Crippen molar-refractivity contribution in [1.82, 2.24) is 24.6 Å². The average molecular weight is 473 g/mol. The van der Waals surface area contributed by atoms with E-state index in [2.05, 4.69) is 34.3 Å². The molecule has 4 aromatic heterocycles. The largest absolute Gasteiger partial charge is 0.301 e. The number of nitrogens with one attached hydrogen (secondary N) is 1. The molecule has 5 rings (SSSR count). The molecule has 1 atom stereocenters. The van der Waals surface area contributed by atoms with Crippen molar-refractivity contribution in [3.05, 3.63) is 26.8 Å². The van der Waals surface area contributed by atoms with E-state index in [1.807, 2.05) is 29.6 Å². The minimum atomic E-state index is -0.0931. The molecular formula is C21H24N6OS3. The highest BCUT2D eigenvalue weighted by Gasteiger charge is 2.25. The smallest absolute Gasteiger partial charge is 0.236 e. The van der Waals surface area contributed by atoms with Crippen molar-refractivity contribution in [3.63, 3.8) is 0 Å². The maximum absolute atomic E-state index is 12.5. The molecule has 162 valence electrons. The van der Waals surface area contributed by atoms with Gasteiger partial charge in [-0.15, -0.1) is 32.9 Å². The van der Waals surface area contributed by atoms with E-state index >= 15 is 0 Å². The van der Waals surface area contributed by atoms with Crippen molar-refractivity contribution in [2.24, 2.45) is 5.92 Å². The third-order valence-electron chi connectivity index (χ3n) is 5.76. The van der Waals surface area contributed by atoms with Gasteiger partial charge in [-0.25, -0.2) is 9.97 Å². The number of thioether (sulfide) groups is 1. The molecule has 1 aliphatic rings. The molecule has 0 bridgehead atoms. The third kappa shape index (κ3) is 3.74. The number of fused-ring (bicyclic) bond motifs is 5. The van der Waals surface area contributed by atoms with Crippen LogP contribution in [0.4, 0.5) is 5.13 Å². The number of carbonyl (C=O) groups excluding carboxylic acids is 1. The minimum Gasteiger partial charge on any atom is -0.301 e. The lowest BCUT2D eigenvalue weighted by Gasteiger charge is -2.17. The summed E-state index contributed by atoms with van der Waals surface area (Å²) in [5.74, 6) is 1.81. The van der Waals surface area contributed by atoms with Crippen LogP contribution in [0.2, 0.25) is 0 Å². The molecule has 4 heterocycles. The van der Waals surface area contributed by atoms with E-state index in [1.54, 1.807) is 0 Å². The molecule has 1 aliphatic carbocycles. The maximum atomic E-state index is 12.5. The first-order chi connectivity index (χ1) is 14.9. The Morgan fingerprint density at radius 2 is 2.10 bits per heavy atom. The van der Waals surface area contributed by atoms with Crippen LogP contribution in [-0.2, 0) is 24.1 Å². The van der Waals surface area contributed by atoms with Gasteiger partial charge in [0.05, 0.1) is 16.8 Å². The van der Waals surface area contributed by atoms with E-state index in [4.69, 9.17) is 4.98 Å². The average Bonchev–Trinajstić information content (AvgIpc) is 3.40. The van der Waals surface area contributed by atoms with Crippen LogP contribution in [0, 0.1) is 19.8 Å². The van der Waals surface area contributed by atoms with Gasteiger partial charge in [-0.2, -0.15) is 0 Å². The molecule has 31 heavy (non-hydrogen) atoms. The highest BCUT2D eigenvalue weighted by molar-refractivity contribution is 7.99. The van der Waals surface area contributed by atoms with Gasteiger partial charge in [0.1, 0.15) is 10.7 Å². The van der Waals surface area contributed by atoms with Crippen LogP contribution in [-0.4, -0.2) is 36.2 Å². The molecule has 0 fully saturated rings. The minimum absolute atomic E-state index is 0.0931. The standard InChI is InChI=1S/C21H24N6OS3/c1-5-15-23-19-17(13-7-6-10(2)8-14(13)31-19)18-25-26-21(27(15)18)29-9-16(28)24-20-22-11(3)12(4)30-20/h10H,5-9H2,1-4H3,(H,22,24,28). The van der Waals surface area contributed by atoms with Crippen molar-refractivity contribution in [3.8, 4) is 0 Å². The fourth-order valence-electron chi connectivity index (χ4n) is 4.02. The molecule has 1 N–H and O–H groups in total. The molecule has 0 saturated carbocycles. The normalized spacial score (nSPS) is 16.2. The molecule has 0 aromatic carbocycles. The van der Waals surface area contributed by atoms with Gasteiger partial charge in [0, 0.05) is 16.2 Å². The number of nitrogens with zero attached hydrogens (tertiary/aromatic N) is 5. The van der Waals surface area contributed by atoms with Gasteiger partial charge in [-0.05, 0) is 44.6 Å². The zero-order valence-corrected chi connectivity index (χ0v) is 20.4. The first kappa shape index (κ1) is 20.8. The van der Waals surface area contributed by atoms with Gasteiger partial charge in [-0.3, -0.25) is 9.20 Å². The van der Waals surface area contributed by atoms with Crippen molar-refractivity contribution < 1.29 is 4.79 Å². The molecule has 0 spiro atoms. The Bertz CT molecular complexity index is 1280. The highest BCUT2D eigenvalue weighted by Crippen LogP contribution is 2.39. The molecule has 1 unspecified atom stereocenters. The number of anilines is 1. The second kappa shape index (κ2) is 8.14. The number of aryl methyl sites for hydroxylation is 4. The summed E-state index contributed by atoms with van der Waals surface area (Å²) in [6, 6.07) is 0. The van der Waals surface area contributed by atoms with E-state index in [0.717, 1.165) is 57.4 Å². The van der Waals surface area contributed by atoms with Crippen molar-refractivity contribution >= 4 is 61.3 Å². The molecule has 10 heteroatoms. The number of thiophene rings is 1. The lowest BCUT2D eigenvalue weighted by molar-refractivity contribution is -0.113. The van der Waals surface area contributed by atoms with E-state index in [1.165, 1.54) is 40.0 Å². The number of hydrogen-bond donors (Lipinski definition) is 1. The fraction of sp³-hybridized carbons (Fsp3) is 0.476. The lowest BCUT2D eigenvalue weighted by Crippen LogP contribution is -2.14. The van der Waals surface area contributed by atoms with Crippen molar-refractivity contribution in [2.75, 3.05) is 11.1 Å². The number of hydrogen-bond acceptors (Lipinski definition) is 8. The van der Waals surface area contributed by atoms with Gasteiger partial charge in [-0.1, -0.05) is 25.6 Å². The zero-order valence-electron chi connectivity index (χ0n) is 18.0. The Hall–Kier alpha value is -2.04. The number of rotatable bonds is 5. The Morgan fingerprint density at radius 1 is 1.26 bits per heavy atom. The maximum Gasteiger partial charge on any atom is 0.236 e. The lowest BCUT2D eigenvalue weighted by atomic mass is 9.89. The number of amides is 1. The fourth-order valence-corrected chi connectivity index (χ4v) is 7.00. The number of aromatic nitrogens is 5. The molecule has 4 aromatic rings. The monoisotopic (exact) mass is 472 g/mol. The van der Waals surface area contributed by atoms with Gasteiger partial charge >= 0.3 is 0 Å². The number of thiazole rings is 1. The second-order valence-electron chi connectivity index (χ2n) is 8.05. The van der Waals surface area contributed by atoms with Crippen LogP contribution in [0.1, 0.15) is 47.1 Å². The number of carbonyl (C=O) groups is 1. The summed E-state index contributed by atoms with van der Waals surface area (Å²) in [5.41, 5.74) is 3.23. The zero-order chi connectivity index (χ0) is 21.7. The Balaban J connectivity index is 1.45. The van der Waals surface area contributed by atoms with Crippen LogP contribution < -0.4 is 5.32 Å². The second-order valence-corrected chi connectivity index (χ2v) is 11.3. The van der Waals surface area contributed by atoms with E-state index in [9.17, 15) is 4.79 Å². The summed E-state index contributed by atoms with van der Waals surface area (Å²) in [6.07, 6.45) is 4.17. The van der Waals surface area contributed by atoms with E-state index in [0.29, 0.717) is 10.3 Å². The third-order valence-corrected chi connectivity index (χ3v) is 8.83. The van der Waals surface area contributed by atoms with Crippen LogP contribution in [0.5, 0.6) is 0 Å². The first-order valence-electron chi connectivity index (χ1n) is 10.5. The van der Waals surface area contributed by atoms with Crippen molar-refractivity contribution in [2.45, 2.75) is 58.5 Å². The SMILES string of the molecule is CCc1nc2sc3c(c2c2nnc(SCC(=O)Nc4nc(C)c(C)s4)n12)CCC(C)C3. The Kier molecular flexibility index (Phi) is 5.47. The summed E-state index contributed by atoms with van der Waals surface area (Å²) in [5, 5.41) is 14.4. The first-order valence-corrected chi connectivity index (χ1v) is 13.1. The van der Waals surface area contributed by atoms with E-state index < -0.39 is 0 Å². The molecule has 0 radical (unpaired) electrons. The van der Waals surface area contributed by atoms with Gasteiger partial charge < -0.3 is 5.32 Å². The van der Waals surface area contributed by atoms with Crippen molar-refractivity contribution in [1.29, 1.82) is 0 Å². The molecule has 0 aliphatic heterocycles. The Morgan fingerprint density at radius 3 is 2.84 bits per heavy atom. The van der Waals surface area contributed by atoms with Crippen LogP contribution >= 0.6 is 34.4 Å². The summed E-state index contributed by atoms with van der Waals surface area (Å²) in [6.45, 7) is 8.36. The summed E-state index contributed by atoms with van der Waals surface area (Å²) in [7, 11) is 0. The summed E-state index contributed by atoms with van der Waals surface area (Å²) >= 11 is 4.70. The van der Waals surface area contributed by atoms with Gasteiger partial charge in [0.25, 0.3) is 0 Å². The van der Waals surface area contributed by atoms with Gasteiger partial charge in [0.2, 0.25) is 5.91 Å². The highest BCUT2D eigenvalue weighted by atomic mass is 32.2. The predicted octanol–water partition coefficient (Wildman–Crippen LogP) is 4.83. The summed E-state index contributed by atoms with van der Waals surface area (Å²) in [4.78, 5) is 25.5. The van der Waals surface area contributed by atoms with Crippen LogP contribution in [0.25, 0.3) is 15.9 Å². The summed E-state index contributed by atoms with van der Waals surface area (Å²) < 4.78 is 2.04. The predicted molar refractivity (Wildman–Crippen MR) is 128 cm³/mol. The van der Waals surface area contributed by atoms with Gasteiger partial charge in [0.15, 0.2) is 15.9 Å². The Labute approximate surface area is 192 Å². The molecule has 1 amide bonds. The van der Waals surface area contributed by atoms with E-state index in [-0.39, 0.29) is 11.7 Å². The molecule has 0 saturated heterocycles. The molecule has 7 nitrogen and oxygen atoms in total. The topological polar surface area (TPSA) is 85.1 Å².